The van der Waals surface area contributed by atoms with Crippen LogP contribution >= 0.6 is 0 Å². The molecular weight excluding hydrogens is 340 g/mol. The lowest BCUT2D eigenvalue weighted by Gasteiger charge is -2.19. The van der Waals surface area contributed by atoms with Crippen molar-refractivity contribution in [2.45, 2.75) is 6.04 Å². The van der Waals surface area contributed by atoms with E-state index in [1.165, 1.54) is 0 Å². The molecule has 0 spiro atoms. The molecule has 1 amide bonds. The first-order chi connectivity index (χ1) is 12.5. The number of benzene rings is 2. The second-order valence-electron chi connectivity index (χ2n) is 5.70. The van der Waals surface area contributed by atoms with Gasteiger partial charge >= 0.3 is 0 Å². The first kappa shape index (κ1) is 17.6. The van der Waals surface area contributed by atoms with Gasteiger partial charge in [0, 0.05) is 19.4 Å². The van der Waals surface area contributed by atoms with E-state index in [2.05, 4.69) is 10.3 Å². The molecule has 0 saturated heterocycles. The zero-order chi connectivity index (χ0) is 18.7. The maximum atomic E-state index is 13.9. The van der Waals surface area contributed by atoms with E-state index < -0.39 is 23.6 Å². The Morgan fingerprint density at radius 3 is 2.54 bits per heavy atom. The fraction of sp³-hybridized carbons (Fsp3) is 0.158. The monoisotopic (exact) mass is 357 g/mol. The van der Waals surface area contributed by atoms with E-state index in [0.29, 0.717) is 11.6 Å². The molecule has 0 aliphatic carbocycles. The number of carbonyl (C=O) groups excluding carboxylic acids is 1. The molecule has 0 fully saturated rings. The van der Waals surface area contributed by atoms with Crippen molar-refractivity contribution in [1.29, 1.82) is 0 Å². The van der Waals surface area contributed by atoms with Gasteiger partial charge in [0.15, 0.2) is 0 Å². The van der Waals surface area contributed by atoms with Gasteiger partial charge < -0.3 is 14.6 Å². The molecule has 1 N–H and O–H groups in total. The maximum absolute atomic E-state index is 13.9. The number of rotatable bonds is 5. The Bertz CT molecular complexity index is 923. The zero-order valence-corrected chi connectivity index (χ0v) is 14.2. The largest absolute Gasteiger partial charge is 0.497 e. The summed E-state index contributed by atoms with van der Waals surface area (Å²) in [4.78, 5) is 16.8. The molecule has 0 aliphatic heterocycles. The lowest BCUT2D eigenvalue weighted by atomic mass is 10.0. The van der Waals surface area contributed by atoms with Crippen molar-refractivity contribution in [3.8, 4) is 5.75 Å². The molecule has 0 bridgehead atoms. The van der Waals surface area contributed by atoms with Crippen LogP contribution in [0.25, 0.3) is 0 Å². The van der Waals surface area contributed by atoms with E-state index in [-0.39, 0.29) is 5.56 Å². The minimum absolute atomic E-state index is 0.363. The molecule has 5 nitrogen and oxygen atoms in total. The topological polar surface area (TPSA) is 56.1 Å². The Morgan fingerprint density at radius 2 is 1.92 bits per heavy atom. The Kier molecular flexibility index (Phi) is 4.97. The third-order valence-corrected chi connectivity index (χ3v) is 4.01. The SMILES string of the molecule is COc1ccc(C(NC(=O)c2cc(F)ccc2F)c2nccn2C)cc1. The van der Waals surface area contributed by atoms with Crippen LogP contribution in [0.1, 0.15) is 27.8 Å². The van der Waals surface area contributed by atoms with E-state index in [1.54, 1.807) is 55.4 Å². The van der Waals surface area contributed by atoms with Crippen molar-refractivity contribution in [2.75, 3.05) is 7.11 Å². The van der Waals surface area contributed by atoms with Crippen LogP contribution in [0.4, 0.5) is 8.78 Å². The molecule has 2 aromatic carbocycles. The van der Waals surface area contributed by atoms with Crippen molar-refractivity contribution < 1.29 is 18.3 Å². The summed E-state index contributed by atoms with van der Waals surface area (Å²) >= 11 is 0. The average Bonchev–Trinajstić information content (AvgIpc) is 3.07. The van der Waals surface area contributed by atoms with E-state index in [1.807, 2.05) is 0 Å². The van der Waals surface area contributed by atoms with Gasteiger partial charge in [0.1, 0.15) is 29.3 Å². The van der Waals surface area contributed by atoms with Gasteiger partial charge in [0.25, 0.3) is 5.91 Å². The number of imidazole rings is 1. The number of hydrogen-bond donors (Lipinski definition) is 1. The van der Waals surface area contributed by atoms with Crippen molar-refractivity contribution in [3.05, 3.63) is 83.4 Å². The second-order valence-corrected chi connectivity index (χ2v) is 5.70. The summed E-state index contributed by atoms with van der Waals surface area (Å²) in [5, 5.41) is 2.73. The highest BCUT2D eigenvalue weighted by molar-refractivity contribution is 5.94. The smallest absolute Gasteiger partial charge is 0.255 e. The van der Waals surface area contributed by atoms with Crippen molar-refractivity contribution in [1.82, 2.24) is 14.9 Å². The van der Waals surface area contributed by atoms with Gasteiger partial charge in [-0.05, 0) is 35.9 Å². The van der Waals surface area contributed by atoms with Gasteiger partial charge in [0.05, 0.1) is 12.7 Å². The average molecular weight is 357 g/mol. The highest BCUT2D eigenvalue weighted by atomic mass is 19.1. The quantitative estimate of drug-likeness (QED) is 0.763. The summed E-state index contributed by atoms with van der Waals surface area (Å²) < 4.78 is 34.2. The van der Waals surface area contributed by atoms with Crippen molar-refractivity contribution in [3.63, 3.8) is 0 Å². The van der Waals surface area contributed by atoms with Gasteiger partial charge in [-0.2, -0.15) is 0 Å². The van der Waals surface area contributed by atoms with Crippen molar-refractivity contribution >= 4 is 5.91 Å². The molecule has 26 heavy (non-hydrogen) atoms. The molecular formula is C19H17F2N3O2. The van der Waals surface area contributed by atoms with Crippen LogP contribution in [0.15, 0.2) is 54.9 Å². The molecule has 1 heterocycles. The first-order valence-electron chi connectivity index (χ1n) is 7.86. The Morgan fingerprint density at radius 1 is 1.19 bits per heavy atom. The van der Waals surface area contributed by atoms with Crippen LogP contribution in [0.5, 0.6) is 5.75 Å². The molecule has 0 radical (unpaired) electrons. The molecule has 1 aromatic heterocycles. The summed E-state index contributed by atoms with van der Waals surface area (Å²) in [6.07, 6.45) is 3.33. The van der Waals surface area contributed by atoms with Gasteiger partial charge in [0.2, 0.25) is 0 Å². The first-order valence-corrected chi connectivity index (χ1v) is 7.86. The number of amides is 1. The zero-order valence-electron chi connectivity index (χ0n) is 14.2. The number of halogens is 2. The van der Waals surface area contributed by atoms with Gasteiger partial charge in [-0.15, -0.1) is 0 Å². The summed E-state index contributed by atoms with van der Waals surface area (Å²) in [6.45, 7) is 0. The van der Waals surface area contributed by atoms with Gasteiger partial charge in [-0.25, -0.2) is 13.8 Å². The van der Waals surface area contributed by atoms with Crippen LogP contribution in [-0.2, 0) is 7.05 Å². The summed E-state index contributed by atoms with van der Waals surface area (Å²) in [7, 11) is 3.34. The van der Waals surface area contributed by atoms with Crippen LogP contribution in [-0.4, -0.2) is 22.6 Å². The molecule has 0 saturated carbocycles. The molecule has 134 valence electrons. The molecule has 1 atom stereocenters. The van der Waals surface area contributed by atoms with E-state index in [0.717, 1.165) is 23.8 Å². The molecule has 3 rings (SSSR count). The molecule has 7 heteroatoms. The lowest BCUT2D eigenvalue weighted by Crippen LogP contribution is -2.31. The Hall–Kier alpha value is -3.22. The summed E-state index contributed by atoms with van der Waals surface area (Å²) in [6, 6.07) is 9.17. The third-order valence-electron chi connectivity index (χ3n) is 4.01. The fourth-order valence-corrected chi connectivity index (χ4v) is 2.63. The van der Waals surface area contributed by atoms with Crippen LogP contribution in [0.2, 0.25) is 0 Å². The predicted octanol–water partition coefficient (Wildman–Crippen LogP) is 3.23. The molecule has 0 aliphatic rings. The summed E-state index contributed by atoms with van der Waals surface area (Å²) in [5.41, 5.74) is 0.364. The highest BCUT2D eigenvalue weighted by Crippen LogP contribution is 2.24. The number of hydrogen-bond acceptors (Lipinski definition) is 3. The second kappa shape index (κ2) is 7.35. The van der Waals surface area contributed by atoms with E-state index in [9.17, 15) is 13.6 Å². The standard InChI is InChI=1S/C19H17F2N3O2/c1-24-10-9-22-18(24)17(12-3-6-14(26-2)7-4-12)23-19(25)15-11-13(20)5-8-16(15)21/h3-11,17H,1-2H3,(H,23,25). The summed E-state index contributed by atoms with van der Waals surface area (Å²) in [5.74, 6) is -0.993. The van der Waals surface area contributed by atoms with Crippen LogP contribution in [0.3, 0.4) is 0 Å². The third kappa shape index (κ3) is 3.56. The number of nitrogens with zero attached hydrogens (tertiary/aromatic N) is 2. The number of nitrogens with one attached hydrogen (secondary N) is 1. The fourth-order valence-electron chi connectivity index (χ4n) is 2.63. The number of methoxy groups -OCH3 is 1. The Balaban J connectivity index is 1.97. The maximum Gasteiger partial charge on any atom is 0.255 e. The number of ether oxygens (including phenoxy) is 1. The van der Waals surface area contributed by atoms with Gasteiger partial charge in [-0.3, -0.25) is 4.79 Å². The minimum Gasteiger partial charge on any atom is -0.497 e. The van der Waals surface area contributed by atoms with Crippen molar-refractivity contribution in [2.24, 2.45) is 7.05 Å². The van der Waals surface area contributed by atoms with E-state index in [4.69, 9.17) is 4.74 Å². The van der Waals surface area contributed by atoms with Crippen LogP contribution < -0.4 is 10.1 Å². The molecule has 3 aromatic rings. The molecule has 1 unspecified atom stereocenters. The number of aromatic nitrogens is 2. The predicted molar refractivity (Wildman–Crippen MR) is 91.9 cm³/mol. The minimum atomic E-state index is -0.794. The van der Waals surface area contributed by atoms with E-state index >= 15 is 0 Å². The van der Waals surface area contributed by atoms with Gasteiger partial charge in [-0.1, -0.05) is 12.1 Å². The normalized spacial score (nSPS) is 11.8. The number of aryl methyl sites for hydroxylation is 1. The number of carbonyl (C=O) groups is 1. The highest BCUT2D eigenvalue weighted by Gasteiger charge is 2.23. The lowest BCUT2D eigenvalue weighted by molar-refractivity contribution is 0.0936. The Labute approximate surface area is 149 Å². The van der Waals surface area contributed by atoms with Crippen LogP contribution in [0, 0.1) is 11.6 Å².